The molecule has 33 heavy (non-hydrogen) atoms. The van der Waals surface area contributed by atoms with E-state index in [1.807, 2.05) is 18.2 Å². The minimum atomic E-state index is -1.69. The normalized spacial score (nSPS) is 10.7. The van der Waals surface area contributed by atoms with Crippen LogP contribution in [0.1, 0.15) is 15.9 Å². The SMILES string of the molecule is COc1ccc(/C=C/C(=O)c2ccccc2-c2ccc(OC)c(OC)c2OC)cc1B(O)O. The van der Waals surface area contributed by atoms with E-state index in [1.165, 1.54) is 27.4 Å². The predicted molar refractivity (Wildman–Crippen MR) is 128 cm³/mol. The first kappa shape index (κ1) is 23.9. The number of ketones is 1. The lowest BCUT2D eigenvalue weighted by Gasteiger charge is -2.17. The molecule has 0 aliphatic rings. The van der Waals surface area contributed by atoms with Gasteiger partial charge in [0.2, 0.25) is 5.75 Å². The maximum atomic E-state index is 13.1. The molecule has 0 aliphatic carbocycles. The number of rotatable bonds is 9. The van der Waals surface area contributed by atoms with Crippen LogP contribution in [-0.4, -0.2) is 51.4 Å². The van der Waals surface area contributed by atoms with Gasteiger partial charge in [-0.3, -0.25) is 4.79 Å². The molecular formula is C25H25BO7. The monoisotopic (exact) mass is 448 g/mol. The summed E-state index contributed by atoms with van der Waals surface area (Å²) in [6.45, 7) is 0. The molecule has 3 rings (SSSR count). The van der Waals surface area contributed by atoms with E-state index in [2.05, 4.69) is 0 Å². The molecule has 0 unspecified atom stereocenters. The highest BCUT2D eigenvalue weighted by Crippen LogP contribution is 2.45. The Morgan fingerprint density at radius 1 is 0.788 bits per heavy atom. The first-order chi connectivity index (χ1) is 15.9. The molecule has 8 heteroatoms. The molecular weight excluding hydrogens is 423 g/mol. The Kier molecular flexibility index (Phi) is 7.76. The molecule has 0 bridgehead atoms. The highest BCUT2D eigenvalue weighted by Gasteiger charge is 2.20. The van der Waals surface area contributed by atoms with Gasteiger partial charge >= 0.3 is 7.12 Å². The van der Waals surface area contributed by atoms with E-state index < -0.39 is 7.12 Å². The number of hydrogen-bond donors (Lipinski definition) is 2. The average molecular weight is 448 g/mol. The highest BCUT2D eigenvalue weighted by atomic mass is 16.5. The largest absolute Gasteiger partial charge is 0.497 e. The van der Waals surface area contributed by atoms with E-state index in [-0.39, 0.29) is 11.2 Å². The summed E-state index contributed by atoms with van der Waals surface area (Å²) >= 11 is 0. The molecule has 0 atom stereocenters. The third kappa shape index (κ3) is 5.03. The van der Waals surface area contributed by atoms with Crippen LogP contribution in [0.25, 0.3) is 17.2 Å². The second kappa shape index (κ2) is 10.7. The second-order valence-electron chi connectivity index (χ2n) is 7.00. The smallest absolute Gasteiger partial charge is 0.492 e. The fourth-order valence-electron chi connectivity index (χ4n) is 3.57. The zero-order valence-electron chi connectivity index (χ0n) is 18.9. The molecule has 3 aromatic carbocycles. The molecule has 2 N–H and O–H groups in total. The summed E-state index contributed by atoms with van der Waals surface area (Å²) in [6.07, 6.45) is 3.04. The van der Waals surface area contributed by atoms with E-state index in [4.69, 9.17) is 18.9 Å². The van der Waals surface area contributed by atoms with Crippen molar-refractivity contribution in [2.75, 3.05) is 28.4 Å². The highest BCUT2D eigenvalue weighted by molar-refractivity contribution is 6.59. The molecule has 0 aromatic heterocycles. The Labute approximate surface area is 193 Å². The van der Waals surface area contributed by atoms with Gasteiger partial charge in [0.25, 0.3) is 0 Å². The lowest BCUT2D eigenvalue weighted by atomic mass is 9.78. The van der Waals surface area contributed by atoms with Crippen molar-refractivity contribution >= 4 is 24.4 Å². The van der Waals surface area contributed by atoms with Crippen LogP contribution in [0.2, 0.25) is 0 Å². The van der Waals surface area contributed by atoms with Gasteiger partial charge in [-0.2, -0.15) is 0 Å². The van der Waals surface area contributed by atoms with Crippen molar-refractivity contribution in [2.24, 2.45) is 0 Å². The van der Waals surface area contributed by atoms with Crippen LogP contribution in [0.5, 0.6) is 23.0 Å². The minimum absolute atomic E-state index is 0.211. The lowest BCUT2D eigenvalue weighted by Crippen LogP contribution is -2.31. The van der Waals surface area contributed by atoms with E-state index in [1.54, 1.807) is 49.6 Å². The Hall–Kier alpha value is -3.75. The Morgan fingerprint density at radius 2 is 1.45 bits per heavy atom. The van der Waals surface area contributed by atoms with Crippen molar-refractivity contribution in [2.45, 2.75) is 0 Å². The van der Waals surface area contributed by atoms with Gasteiger partial charge in [-0.25, -0.2) is 0 Å². The Bertz CT molecular complexity index is 1170. The number of allylic oxidation sites excluding steroid dienone is 1. The van der Waals surface area contributed by atoms with Crippen LogP contribution in [0.15, 0.2) is 60.7 Å². The summed E-state index contributed by atoms with van der Waals surface area (Å²) in [5.41, 5.74) is 2.65. The molecule has 0 radical (unpaired) electrons. The molecule has 0 aliphatic heterocycles. The van der Waals surface area contributed by atoms with Crippen LogP contribution in [0.4, 0.5) is 0 Å². The zero-order valence-corrected chi connectivity index (χ0v) is 18.9. The van der Waals surface area contributed by atoms with Gasteiger partial charge in [-0.1, -0.05) is 42.5 Å². The molecule has 0 amide bonds. The second-order valence-corrected chi connectivity index (χ2v) is 7.00. The van der Waals surface area contributed by atoms with Gasteiger partial charge in [0.1, 0.15) is 5.75 Å². The van der Waals surface area contributed by atoms with Gasteiger partial charge < -0.3 is 29.0 Å². The van der Waals surface area contributed by atoms with Gasteiger partial charge in [0.15, 0.2) is 17.3 Å². The number of ether oxygens (including phenoxy) is 4. The standard InChI is InChI=1S/C25H25BO7/c1-30-22-13-10-16(15-20(22)26(28)29)9-12-21(27)18-8-6-5-7-17(18)19-11-14-23(31-2)25(33-4)24(19)32-3/h5-15,28-29H,1-4H3/b12-9+. The zero-order chi connectivity index (χ0) is 24.0. The minimum Gasteiger partial charge on any atom is -0.497 e. The maximum absolute atomic E-state index is 13.1. The fourth-order valence-corrected chi connectivity index (χ4v) is 3.57. The van der Waals surface area contributed by atoms with E-state index in [9.17, 15) is 14.8 Å². The quantitative estimate of drug-likeness (QED) is 0.295. The van der Waals surface area contributed by atoms with Crippen molar-refractivity contribution in [1.29, 1.82) is 0 Å². The number of carbonyl (C=O) groups is 1. The summed E-state index contributed by atoms with van der Waals surface area (Å²) in [5, 5.41) is 19.1. The summed E-state index contributed by atoms with van der Waals surface area (Å²) in [5.74, 6) is 1.52. The number of hydrogen-bond acceptors (Lipinski definition) is 7. The predicted octanol–water partition coefficient (Wildman–Crippen LogP) is 2.96. The molecule has 7 nitrogen and oxygen atoms in total. The van der Waals surface area contributed by atoms with E-state index in [0.717, 1.165) is 0 Å². The van der Waals surface area contributed by atoms with Gasteiger partial charge in [-0.05, 0) is 35.4 Å². The van der Waals surface area contributed by atoms with Crippen LogP contribution in [-0.2, 0) is 0 Å². The third-order valence-electron chi connectivity index (χ3n) is 5.15. The molecule has 0 saturated carbocycles. The topological polar surface area (TPSA) is 94.5 Å². The van der Waals surface area contributed by atoms with Crippen LogP contribution >= 0.6 is 0 Å². The first-order valence-electron chi connectivity index (χ1n) is 10.1. The number of carbonyl (C=O) groups excluding carboxylic acids is 1. The average Bonchev–Trinajstić information content (AvgIpc) is 2.85. The van der Waals surface area contributed by atoms with E-state index in [0.29, 0.717) is 45.3 Å². The molecule has 0 heterocycles. The third-order valence-corrected chi connectivity index (χ3v) is 5.15. The molecule has 0 saturated heterocycles. The lowest BCUT2D eigenvalue weighted by molar-refractivity contribution is 0.104. The molecule has 170 valence electrons. The van der Waals surface area contributed by atoms with Crippen molar-refractivity contribution in [3.8, 4) is 34.1 Å². The summed E-state index contributed by atoms with van der Waals surface area (Å²) in [7, 11) is 4.35. The van der Waals surface area contributed by atoms with Crippen molar-refractivity contribution in [3.63, 3.8) is 0 Å². The van der Waals surface area contributed by atoms with Gasteiger partial charge in [-0.15, -0.1) is 0 Å². The van der Waals surface area contributed by atoms with Crippen LogP contribution in [0.3, 0.4) is 0 Å². The van der Waals surface area contributed by atoms with Crippen LogP contribution in [0, 0.1) is 0 Å². The summed E-state index contributed by atoms with van der Waals surface area (Å²) < 4.78 is 21.6. The molecule has 3 aromatic rings. The fraction of sp³-hybridized carbons (Fsp3) is 0.160. The number of methoxy groups -OCH3 is 4. The van der Waals surface area contributed by atoms with Gasteiger partial charge in [0, 0.05) is 16.6 Å². The Balaban J connectivity index is 2.01. The Morgan fingerprint density at radius 3 is 2.09 bits per heavy atom. The van der Waals surface area contributed by atoms with Gasteiger partial charge in [0.05, 0.1) is 28.4 Å². The maximum Gasteiger partial charge on any atom is 0.492 e. The summed E-state index contributed by atoms with van der Waals surface area (Å²) in [6, 6.07) is 15.6. The molecule has 0 fully saturated rings. The first-order valence-corrected chi connectivity index (χ1v) is 10.1. The van der Waals surface area contributed by atoms with Crippen molar-refractivity contribution < 1.29 is 33.8 Å². The van der Waals surface area contributed by atoms with E-state index >= 15 is 0 Å². The molecule has 0 spiro atoms. The van der Waals surface area contributed by atoms with Crippen molar-refractivity contribution in [3.05, 3.63) is 71.8 Å². The van der Waals surface area contributed by atoms with Crippen molar-refractivity contribution in [1.82, 2.24) is 0 Å². The summed E-state index contributed by atoms with van der Waals surface area (Å²) in [4.78, 5) is 13.1. The number of benzene rings is 3. The van der Waals surface area contributed by atoms with Crippen LogP contribution < -0.4 is 24.4 Å².